The number of aliphatic hydroxyl groups excluding tert-OH is 1. The van der Waals surface area contributed by atoms with Crippen molar-refractivity contribution >= 4 is 17.5 Å². The van der Waals surface area contributed by atoms with Crippen LogP contribution in [0.3, 0.4) is 0 Å². The van der Waals surface area contributed by atoms with Gasteiger partial charge in [-0.05, 0) is 37.1 Å². The third-order valence-corrected chi connectivity index (χ3v) is 3.74. The Kier molecular flexibility index (Phi) is 3.82. The van der Waals surface area contributed by atoms with E-state index >= 15 is 0 Å². The molecule has 0 bridgehead atoms. The second-order valence-electron chi connectivity index (χ2n) is 5.03. The van der Waals surface area contributed by atoms with Crippen molar-refractivity contribution in [3.05, 3.63) is 35.0 Å². The van der Waals surface area contributed by atoms with E-state index in [-0.39, 0.29) is 5.69 Å². The number of oxazole rings is 1. The maximum absolute atomic E-state index is 9.76. The Morgan fingerprint density at radius 2 is 2.14 bits per heavy atom. The lowest BCUT2D eigenvalue weighted by atomic mass is 10.1. The second-order valence-corrected chi connectivity index (χ2v) is 5.47. The summed E-state index contributed by atoms with van der Waals surface area (Å²) in [6, 6.07) is 9.14. The van der Waals surface area contributed by atoms with Crippen LogP contribution in [0.15, 0.2) is 28.7 Å². The summed E-state index contributed by atoms with van der Waals surface area (Å²) < 4.78 is 5.76. The Labute approximate surface area is 127 Å². The van der Waals surface area contributed by atoms with Crippen molar-refractivity contribution in [1.29, 1.82) is 5.26 Å². The zero-order chi connectivity index (χ0) is 14.8. The molecular weight excluding hydrogens is 290 g/mol. The third-order valence-electron chi connectivity index (χ3n) is 3.49. The lowest BCUT2D eigenvalue weighted by Crippen LogP contribution is -2.38. The molecule has 3 rings (SSSR count). The van der Waals surface area contributed by atoms with E-state index in [0.29, 0.717) is 23.3 Å². The van der Waals surface area contributed by atoms with Gasteiger partial charge in [0.1, 0.15) is 6.07 Å². The summed E-state index contributed by atoms with van der Waals surface area (Å²) >= 11 is 5.86. The van der Waals surface area contributed by atoms with Crippen LogP contribution >= 0.6 is 11.6 Å². The first-order valence-electron chi connectivity index (χ1n) is 6.77. The molecular formula is C15H14ClN3O2. The molecule has 2 heterocycles. The van der Waals surface area contributed by atoms with Gasteiger partial charge in [-0.2, -0.15) is 10.2 Å². The maximum Gasteiger partial charge on any atom is 0.235 e. The van der Waals surface area contributed by atoms with Crippen molar-refractivity contribution < 1.29 is 9.52 Å². The van der Waals surface area contributed by atoms with Crippen molar-refractivity contribution in [3.8, 4) is 17.5 Å². The molecule has 2 aromatic rings. The molecule has 1 atom stereocenters. The number of aliphatic hydroxyl groups is 1. The van der Waals surface area contributed by atoms with E-state index in [1.54, 1.807) is 24.3 Å². The number of β-amino-alcohol motifs (C(OH)–C–C–N with tert-alkyl or cyclic N) is 1. The molecule has 1 saturated heterocycles. The number of rotatable bonds is 2. The largest absolute Gasteiger partial charge is 0.419 e. The van der Waals surface area contributed by atoms with Gasteiger partial charge in [0.2, 0.25) is 17.5 Å². The first-order chi connectivity index (χ1) is 10.2. The van der Waals surface area contributed by atoms with E-state index in [0.717, 1.165) is 24.9 Å². The van der Waals surface area contributed by atoms with Crippen LogP contribution in [0.4, 0.5) is 5.88 Å². The molecule has 1 aromatic carbocycles. The average Bonchev–Trinajstić information content (AvgIpc) is 2.92. The fraction of sp³-hybridized carbons (Fsp3) is 0.333. The summed E-state index contributed by atoms with van der Waals surface area (Å²) in [5.74, 6) is 0.819. The number of aromatic nitrogens is 1. The fourth-order valence-corrected chi connectivity index (χ4v) is 2.58. The van der Waals surface area contributed by atoms with Gasteiger partial charge < -0.3 is 14.4 Å². The van der Waals surface area contributed by atoms with Crippen LogP contribution in [-0.4, -0.2) is 29.3 Å². The van der Waals surface area contributed by atoms with Gasteiger partial charge in [-0.3, -0.25) is 0 Å². The summed E-state index contributed by atoms with van der Waals surface area (Å²) in [4.78, 5) is 6.11. The molecule has 1 fully saturated rings. The van der Waals surface area contributed by atoms with Crippen LogP contribution in [0, 0.1) is 11.3 Å². The molecule has 6 heteroatoms. The predicted molar refractivity (Wildman–Crippen MR) is 79.1 cm³/mol. The van der Waals surface area contributed by atoms with E-state index in [1.807, 2.05) is 4.90 Å². The lowest BCUT2D eigenvalue weighted by molar-refractivity contribution is 0.152. The smallest absolute Gasteiger partial charge is 0.235 e. The van der Waals surface area contributed by atoms with Crippen molar-refractivity contribution in [2.24, 2.45) is 0 Å². The van der Waals surface area contributed by atoms with E-state index in [1.165, 1.54) is 0 Å². The Bertz CT molecular complexity index is 675. The Morgan fingerprint density at radius 3 is 2.81 bits per heavy atom. The van der Waals surface area contributed by atoms with Crippen LogP contribution in [0.2, 0.25) is 5.02 Å². The first-order valence-corrected chi connectivity index (χ1v) is 7.15. The monoisotopic (exact) mass is 303 g/mol. The van der Waals surface area contributed by atoms with Crippen LogP contribution in [0.25, 0.3) is 11.5 Å². The van der Waals surface area contributed by atoms with Crippen molar-refractivity contribution in [2.45, 2.75) is 18.9 Å². The highest BCUT2D eigenvalue weighted by Crippen LogP contribution is 2.30. The molecule has 1 aliphatic heterocycles. The highest BCUT2D eigenvalue weighted by molar-refractivity contribution is 6.30. The standard InChI is InChI=1S/C15H14ClN3O2/c16-11-5-3-10(4-6-11)14-18-13(8-17)15(21-14)19-7-1-2-12(20)9-19/h3-6,12,20H,1-2,7,9H2. The highest BCUT2D eigenvalue weighted by Gasteiger charge is 2.25. The molecule has 0 amide bonds. The number of hydrogen-bond donors (Lipinski definition) is 1. The van der Waals surface area contributed by atoms with Gasteiger partial charge in [-0.1, -0.05) is 11.6 Å². The minimum atomic E-state index is -0.394. The summed E-state index contributed by atoms with van der Waals surface area (Å²) in [7, 11) is 0. The normalized spacial score (nSPS) is 18.5. The predicted octanol–water partition coefficient (Wildman–Crippen LogP) is 2.83. The number of anilines is 1. The minimum Gasteiger partial charge on any atom is -0.419 e. The van der Waals surface area contributed by atoms with Gasteiger partial charge in [0, 0.05) is 23.7 Å². The topological polar surface area (TPSA) is 73.3 Å². The van der Waals surface area contributed by atoms with E-state index in [2.05, 4.69) is 11.1 Å². The van der Waals surface area contributed by atoms with Crippen LogP contribution in [0.5, 0.6) is 0 Å². The summed E-state index contributed by atoms with van der Waals surface area (Å²) in [6.07, 6.45) is 1.24. The van der Waals surface area contributed by atoms with E-state index < -0.39 is 6.10 Å². The third kappa shape index (κ3) is 2.87. The zero-order valence-electron chi connectivity index (χ0n) is 11.3. The quantitative estimate of drug-likeness (QED) is 0.923. The summed E-state index contributed by atoms with van der Waals surface area (Å²) in [5, 5.41) is 19.6. The number of piperidine rings is 1. The number of nitrogens with zero attached hydrogens (tertiary/aromatic N) is 3. The molecule has 1 aromatic heterocycles. The molecule has 21 heavy (non-hydrogen) atoms. The SMILES string of the molecule is N#Cc1nc(-c2ccc(Cl)cc2)oc1N1CCCC(O)C1. The van der Waals surface area contributed by atoms with E-state index in [9.17, 15) is 10.4 Å². The Balaban J connectivity index is 1.95. The van der Waals surface area contributed by atoms with Crippen LogP contribution in [-0.2, 0) is 0 Å². The molecule has 0 saturated carbocycles. The lowest BCUT2D eigenvalue weighted by Gasteiger charge is -2.29. The minimum absolute atomic E-state index is 0.244. The average molecular weight is 304 g/mol. The molecule has 1 aliphatic rings. The molecule has 1 unspecified atom stereocenters. The number of hydrogen-bond acceptors (Lipinski definition) is 5. The van der Waals surface area contributed by atoms with E-state index in [4.69, 9.17) is 16.0 Å². The highest BCUT2D eigenvalue weighted by atomic mass is 35.5. The van der Waals surface area contributed by atoms with Gasteiger partial charge in [0.15, 0.2) is 0 Å². The Hall–Kier alpha value is -2.03. The number of nitriles is 1. The molecule has 0 radical (unpaired) electrons. The maximum atomic E-state index is 9.76. The molecule has 1 N–H and O–H groups in total. The van der Waals surface area contributed by atoms with Crippen LogP contribution < -0.4 is 4.90 Å². The van der Waals surface area contributed by atoms with Crippen molar-refractivity contribution in [3.63, 3.8) is 0 Å². The van der Waals surface area contributed by atoms with Gasteiger partial charge in [-0.15, -0.1) is 0 Å². The van der Waals surface area contributed by atoms with Crippen LogP contribution in [0.1, 0.15) is 18.5 Å². The fourth-order valence-electron chi connectivity index (χ4n) is 2.45. The van der Waals surface area contributed by atoms with Gasteiger partial charge >= 0.3 is 0 Å². The molecule has 0 aliphatic carbocycles. The second kappa shape index (κ2) is 5.76. The summed E-state index contributed by atoms with van der Waals surface area (Å²) in [5.41, 5.74) is 1.01. The van der Waals surface area contributed by atoms with Crippen molar-refractivity contribution in [1.82, 2.24) is 4.98 Å². The summed E-state index contributed by atoms with van der Waals surface area (Å²) in [6.45, 7) is 1.21. The molecule has 108 valence electrons. The number of halogens is 1. The first kappa shape index (κ1) is 13.9. The van der Waals surface area contributed by atoms with Gasteiger partial charge in [-0.25, -0.2) is 0 Å². The van der Waals surface area contributed by atoms with Crippen molar-refractivity contribution in [2.75, 3.05) is 18.0 Å². The molecule has 5 nitrogen and oxygen atoms in total. The van der Waals surface area contributed by atoms with Gasteiger partial charge in [0.05, 0.1) is 6.10 Å². The molecule has 0 spiro atoms. The Morgan fingerprint density at radius 1 is 1.38 bits per heavy atom. The zero-order valence-corrected chi connectivity index (χ0v) is 12.0. The number of benzene rings is 1. The van der Waals surface area contributed by atoms with Gasteiger partial charge in [0.25, 0.3) is 0 Å².